The van der Waals surface area contributed by atoms with Gasteiger partial charge in [-0.3, -0.25) is 0 Å². The fraction of sp³-hybridized carbons (Fsp3) is 0.368. The lowest BCUT2D eigenvalue weighted by molar-refractivity contribution is 0.566. The summed E-state index contributed by atoms with van der Waals surface area (Å²) in [5.74, 6) is 0. The van der Waals surface area contributed by atoms with Crippen LogP contribution in [0.15, 0.2) is 72.8 Å². The normalized spacial score (nSPS) is 11.3. The molecule has 0 radical (unpaired) electrons. The monoisotopic (exact) mass is 562 g/mol. The van der Waals surface area contributed by atoms with Crippen molar-refractivity contribution in [2.24, 2.45) is 0 Å². The molecule has 0 amide bonds. The highest BCUT2D eigenvalue weighted by molar-refractivity contribution is 5.72. The Morgan fingerprint density at radius 2 is 0.667 bits per heavy atom. The molecule has 0 atom stereocenters. The maximum atomic E-state index is 3.55. The molecular weight excluding hydrogens is 512 g/mol. The average molecular weight is 563 g/mol. The van der Waals surface area contributed by atoms with Crippen molar-refractivity contribution in [3.8, 4) is 22.3 Å². The van der Waals surface area contributed by atoms with E-state index in [0.29, 0.717) is 0 Å². The molecule has 4 nitrogen and oxygen atoms in total. The van der Waals surface area contributed by atoms with Gasteiger partial charge in [0.25, 0.3) is 0 Å². The highest BCUT2D eigenvalue weighted by atomic mass is 15.0. The van der Waals surface area contributed by atoms with E-state index in [4.69, 9.17) is 0 Å². The summed E-state index contributed by atoms with van der Waals surface area (Å²) in [6.07, 6.45) is 0. The van der Waals surface area contributed by atoms with E-state index in [1.165, 1.54) is 66.8 Å². The molecule has 0 unspecified atom stereocenters. The first-order valence-electron chi connectivity index (χ1n) is 15.5. The zero-order chi connectivity index (χ0) is 29.9. The molecule has 0 fully saturated rings. The Hall–Kier alpha value is -3.28. The minimum absolute atomic E-state index is 0.895. The molecule has 0 aliphatic carbocycles. The zero-order valence-electron chi connectivity index (χ0n) is 26.6. The Balaban J connectivity index is 1.03. The molecule has 0 heterocycles. The Morgan fingerprint density at radius 1 is 0.381 bits per heavy atom. The third-order valence-electron chi connectivity index (χ3n) is 7.93. The molecule has 222 valence electrons. The van der Waals surface area contributed by atoms with Crippen LogP contribution < -0.4 is 21.3 Å². The van der Waals surface area contributed by atoms with Crippen LogP contribution in [0.25, 0.3) is 22.3 Å². The van der Waals surface area contributed by atoms with Crippen molar-refractivity contribution in [3.05, 3.63) is 117 Å². The predicted octanol–water partition coefficient (Wildman–Crippen LogP) is 6.93. The zero-order valence-corrected chi connectivity index (χ0v) is 26.6. The highest BCUT2D eigenvalue weighted by Crippen LogP contribution is 2.29. The number of rotatable bonds is 15. The van der Waals surface area contributed by atoms with Crippen LogP contribution in [-0.2, 0) is 13.1 Å². The molecule has 0 saturated carbocycles. The Morgan fingerprint density at radius 3 is 0.976 bits per heavy atom. The fourth-order valence-electron chi connectivity index (χ4n) is 6.10. The minimum atomic E-state index is 0.895. The van der Waals surface area contributed by atoms with Crippen LogP contribution in [-0.4, -0.2) is 39.3 Å². The molecule has 0 aromatic heterocycles. The van der Waals surface area contributed by atoms with E-state index in [0.717, 1.165) is 52.4 Å². The molecular formula is C38H50N4. The molecule has 4 aromatic carbocycles. The lowest BCUT2D eigenvalue weighted by Gasteiger charge is -2.13. The van der Waals surface area contributed by atoms with Gasteiger partial charge in [0.1, 0.15) is 0 Å². The largest absolute Gasteiger partial charge is 0.314 e. The van der Waals surface area contributed by atoms with E-state index in [1.807, 2.05) is 0 Å². The van der Waals surface area contributed by atoms with Gasteiger partial charge < -0.3 is 21.3 Å². The van der Waals surface area contributed by atoms with Gasteiger partial charge in [-0.25, -0.2) is 0 Å². The van der Waals surface area contributed by atoms with Crippen molar-refractivity contribution < 1.29 is 0 Å². The number of benzene rings is 4. The van der Waals surface area contributed by atoms with E-state index in [-0.39, 0.29) is 0 Å². The van der Waals surface area contributed by atoms with Gasteiger partial charge in [0.05, 0.1) is 0 Å². The lowest BCUT2D eigenvalue weighted by atomic mass is 9.93. The van der Waals surface area contributed by atoms with Gasteiger partial charge in [0.15, 0.2) is 0 Å². The van der Waals surface area contributed by atoms with Gasteiger partial charge >= 0.3 is 0 Å². The van der Waals surface area contributed by atoms with Gasteiger partial charge in [0, 0.05) is 52.4 Å². The second-order valence-corrected chi connectivity index (χ2v) is 11.8. The lowest BCUT2D eigenvalue weighted by Crippen LogP contribution is -2.35. The molecule has 0 bridgehead atoms. The van der Waals surface area contributed by atoms with E-state index in [1.54, 1.807) is 0 Å². The second kappa shape index (κ2) is 15.8. The molecule has 0 aliphatic rings. The van der Waals surface area contributed by atoms with Crippen LogP contribution in [0.2, 0.25) is 0 Å². The van der Waals surface area contributed by atoms with Crippen LogP contribution in [0, 0.1) is 41.5 Å². The summed E-state index contributed by atoms with van der Waals surface area (Å²) in [4.78, 5) is 0. The van der Waals surface area contributed by atoms with Crippen LogP contribution in [0.4, 0.5) is 0 Å². The van der Waals surface area contributed by atoms with Gasteiger partial charge in [-0.05, 0) is 97.2 Å². The number of aryl methyl sites for hydroxylation is 6. The van der Waals surface area contributed by atoms with Gasteiger partial charge in [-0.2, -0.15) is 0 Å². The predicted molar refractivity (Wildman–Crippen MR) is 181 cm³/mol. The molecule has 4 aromatic rings. The quantitative estimate of drug-likeness (QED) is 0.119. The van der Waals surface area contributed by atoms with Crippen molar-refractivity contribution in [2.45, 2.75) is 54.6 Å². The molecule has 4 N–H and O–H groups in total. The summed E-state index contributed by atoms with van der Waals surface area (Å²) in [5, 5.41) is 14.1. The van der Waals surface area contributed by atoms with Crippen molar-refractivity contribution in [2.75, 3.05) is 39.3 Å². The summed E-state index contributed by atoms with van der Waals surface area (Å²) in [6.45, 7) is 20.8. The summed E-state index contributed by atoms with van der Waals surface area (Å²) < 4.78 is 0. The number of nitrogens with one attached hydrogen (secondary N) is 4. The van der Waals surface area contributed by atoms with Crippen molar-refractivity contribution in [1.82, 2.24) is 21.3 Å². The smallest absolute Gasteiger partial charge is 0.0206 e. The maximum absolute atomic E-state index is 3.55. The van der Waals surface area contributed by atoms with E-state index in [2.05, 4.69) is 136 Å². The average Bonchev–Trinajstić information content (AvgIpc) is 2.94. The summed E-state index contributed by atoms with van der Waals surface area (Å²) in [7, 11) is 0. The first-order chi connectivity index (χ1) is 20.3. The summed E-state index contributed by atoms with van der Waals surface area (Å²) >= 11 is 0. The number of hydrogen-bond donors (Lipinski definition) is 4. The molecule has 4 rings (SSSR count). The fourth-order valence-corrected chi connectivity index (χ4v) is 6.10. The highest BCUT2D eigenvalue weighted by Gasteiger charge is 2.08. The van der Waals surface area contributed by atoms with Gasteiger partial charge in [-0.15, -0.1) is 0 Å². The van der Waals surface area contributed by atoms with E-state index >= 15 is 0 Å². The first kappa shape index (κ1) is 31.7. The Labute approximate surface area is 254 Å². The second-order valence-electron chi connectivity index (χ2n) is 11.8. The summed E-state index contributed by atoms with van der Waals surface area (Å²) in [5.41, 5.74) is 16.0. The SMILES string of the molecule is Cc1cc(C)c(-c2ccc(CNCCNCCNCCNCc3ccc(-c4c(C)cc(C)cc4C)cc3)cc2)c(C)c1. The first-order valence-corrected chi connectivity index (χ1v) is 15.5. The number of hydrogen-bond acceptors (Lipinski definition) is 4. The Bertz CT molecular complexity index is 1260. The molecule has 0 saturated heterocycles. The third kappa shape index (κ3) is 9.11. The minimum Gasteiger partial charge on any atom is -0.314 e. The molecule has 0 spiro atoms. The molecule has 4 heteroatoms. The summed E-state index contributed by atoms with van der Waals surface area (Å²) in [6, 6.07) is 27.1. The van der Waals surface area contributed by atoms with Crippen LogP contribution in [0.5, 0.6) is 0 Å². The topological polar surface area (TPSA) is 48.1 Å². The maximum Gasteiger partial charge on any atom is 0.0206 e. The van der Waals surface area contributed by atoms with Crippen LogP contribution >= 0.6 is 0 Å². The van der Waals surface area contributed by atoms with E-state index < -0.39 is 0 Å². The van der Waals surface area contributed by atoms with Crippen LogP contribution in [0.1, 0.15) is 44.5 Å². The van der Waals surface area contributed by atoms with E-state index in [9.17, 15) is 0 Å². The third-order valence-corrected chi connectivity index (χ3v) is 7.93. The standard InChI is InChI=1S/C38H50N4/c1-27-21-29(3)37(30(4)22-27)35-11-7-33(8-12-35)25-41-19-17-39-15-16-40-18-20-42-26-34-9-13-36(14-10-34)38-31(5)23-28(2)24-32(38)6/h7-14,21-24,39-42H,15-20,25-26H2,1-6H3. The van der Waals surface area contributed by atoms with Crippen LogP contribution in [0.3, 0.4) is 0 Å². The van der Waals surface area contributed by atoms with Crippen molar-refractivity contribution >= 4 is 0 Å². The van der Waals surface area contributed by atoms with Gasteiger partial charge in [-0.1, -0.05) is 83.9 Å². The Kier molecular flexibility index (Phi) is 11.9. The van der Waals surface area contributed by atoms with Crippen molar-refractivity contribution in [1.29, 1.82) is 0 Å². The van der Waals surface area contributed by atoms with Crippen molar-refractivity contribution in [3.63, 3.8) is 0 Å². The molecule has 42 heavy (non-hydrogen) atoms. The molecule has 0 aliphatic heterocycles. The van der Waals surface area contributed by atoms with Gasteiger partial charge in [0.2, 0.25) is 0 Å².